The van der Waals surface area contributed by atoms with Crippen molar-refractivity contribution in [3.63, 3.8) is 0 Å². The lowest BCUT2D eigenvalue weighted by Gasteiger charge is -2.11. The molecule has 0 aliphatic heterocycles. The number of aromatic nitrogens is 2. The third-order valence-electron chi connectivity index (χ3n) is 3.68. The first-order valence-corrected chi connectivity index (χ1v) is 7.56. The first kappa shape index (κ1) is 16.2. The number of hydrogen-bond acceptors (Lipinski definition) is 4. The molecule has 1 heterocycles. The molecule has 0 amide bonds. The number of rotatable bonds is 6. The Kier molecular flexibility index (Phi) is 5.33. The summed E-state index contributed by atoms with van der Waals surface area (Å²) < 4.78 is 6.81. The fourth-order valence-corrected chi connectivity index (χ4v) is 2.38. The summed E-state index contributed by atoms with van der Waals surface area (Å²) in [5.74, 6) is 0.835. The van der Waals surface area contributed by atoms with E-state index in [9.17, 15) is 4.79 Å². The summed E-state index contributed by atoms with van der Waals surface area (Å²) >= 11 is 0. The monoisotopic (exact) mass is 301 g/mol. The van der Waals surface area contributed by atoms with Crippen molar-refractivity contribution in [3.8, 4) is 17.0 Å². The Morgan fingerprint density at radius 2 is 2.09 bits per heavy atom. The van der Waals surface area contributed by atoms with Gasteiger partial charge in [-0.15, -0.1) is 0 Å². The first-order valence-electron chi connectivity index (χ1n) is 7.56. The smallest absolute Gasteiger partial charge is 0.271 e. The van der Waals surface area contributed by atoms with Gasteiger partial charge in [-0.1, -0.05) is 13.3 Å². The van der Waals surface area contributed by atoms with Crippen LogP contribution >= 0.6 is 0 Å². The maximum Gasteiger partial charge on any atom is 0.271 e. The van der Waals surface area contributed by atoms with Gasteiger partial charge in [-0.2, -0.15) is 5.10 Å². The predicted octanol–water partition coefficient (Wildman–Crippen LogP) is 2.49. The number of methoxy groups -OCH3 is 1. The van der Waals surface area contributed by atoms with Gasteiger partial charge in [-0.3, -0.25) is 4.79 Å². The van der Waals surface area contributed by atoms with E-state index >= 15 is 0 Å². The second kappa shape index (κ2) is 7.22. The summed E-state index contributed by atoms with van der Waals surface area (Å²) in [6.45, 7) is 4.91. The zero-order chi connectivity index (χ0) is 16.1. The fourth-order valence-electron chi connectivity index (χ4n) is 2.38. The topological polar surface area (TPSA) is 70.1 Å². The van der Waals surface area contributed by atoms with Crippen molar-refractivity contribution in [2.24, 2.45) is 5.73 Å². The largest absolute Gasteiger partial charge is 0.496 e. The van der Waals surface area contributed by atoms with Gasteiger partial charge in [0, 0.05) is 24.2 Å². The van der Waals surface area contributed by atoms with E-state index in [0.29, 0.717) is 12.1 Å². The van der Waals surface area contributed by atoms with E-state index in [-0.39, 0.29) is 12.1 Å². The molecule has 0 aliphatic rings. The van der Waals surface area contributed by atoms with Gasteiger partial charge in [-0.05, 0) is 43.2 Å². The SMILES string of the molecule is CCCCn1nc(-c2ccc(OC)c(C)c2)cc(CN)c1=O. The number of ether oxygens (including phenoxy) is 1. The summed E-state index contributed by atoms with van der Waals surface area (Å²) in [7, 11) is 1.65. The molecule has 0 spiro atoms. The van der Waals surface area contributed by atoms with Crippen LogP contribution in [0.4, 0.5) is 0 Å². The molecule has 0 bridgehead atoms. The number of benzene rings is 1. The minimum Gasteiger partial charge on any atom is -0.496 e. The average molecular weight is 301 g/mol. The zero-order valence-corrected chi connectivity index (χ0v) is 13.4. The van der Waals surface area contributed by atoms with Crippen LogP contribution in [0.1, 0.15) is 30.9 Å². The lowest BCUT2D eigenvalue weighted by atomic mass is 10.1. The number of hydrogen-bond donors (Lipinski definition) is 1. The third kappa shape index (κ3) is 3.36. The third-order valence-corrected chi connectivity index (χ3v) is 3.68. The van der Waals surface area contributed by atoms with Crippen LogP contribution in [-0.2, 0) is 13.1 Å². The highest BCUT2D eigenvalue weighted by molar-refractivity contribution is 5.62. The summed E-state index contributed by atoms with van der Waals surface area (Å²) in [6, 6.07) is 7.65. The normalized spacial score (nSPS) is 10.7. The quantitative estimate of drug-likeness (QED) is 0.890. The van der Waals surface area contributed by atoms with Crippen LogP contribution < -0.4 is 16.0 Å². The van der Waals surface area contributed by atoms with Crippen molar-refractivity contribution >= 4 is 0 Å². The van der Waals surface area contributed by atoms with Crippen LogP contribution in [-0.4, -0.2) is 16.9 Å². The number of aryl methyl sites for hydroxylation is 2. The summed E-state index contributed by atoms with van der Waals surface area (Å²) in [6.07, 6.45) is 1.93. The number of unbranched alkanes of at least 4 members (excludes halogenated alkanes) is 1. The highest BCUT2D eigenvalue weighted by Crippen LogP contribution is 2.24. The molecule has 118 valence electrons. The van der Waals surface area contributed by atoms with Crippen LogP contribution in [0.5, 0.6) is 5.75 Å². The molecule has 0 unspecified atom stereocenters. The van der Waals surface area contributed by atoms with Gasteiger partial charge in [0.2, 0.25) is 0 Å². The second-order valence-electron chi connectivity index (χ2n) is 5.33. The van der Waals surface area contributed by atoms with Crippen molar-refractivity contribution in [2.45, 2.75) is 39.8 Å². The molecule has 0 fully saturated rings. The summed E-state index contributed by atoms with van der Waals surface area (Å²) in [5.41, 5.74) is 8.96. The highest BCUT2D eigenvalue weighted by atomic mass is 16.5. The van der Waals surface area contributed by atoms with Crippen LogP contribution in [0.3, 0.4) is 0 Å². The Bertz CT molecular complexity index is 708. The molecule has 5 heteroatoms. The standard InChI is InChI=1S/C17H23N3O2/c1-4-5-8-20-17(21)14(11-18)10-15(19-20)13-6-7-16(22-3)12(2)9-13/h6-7,9-10H,4-5,8,11,18H2,1-3H3. The Labute approximate surface area is 130 Å². The van der Waals surface area contributed by atoms with E-state index in [1.165, 1.54) is 4.68 Å². The van der Waals surface area contributed by atoms with E-state index < -0.39 is 0 Å². The van der Waals surface area contributed by atoms with Gasteiger partial charge < -0.3 is 10.5 Å². The van der Waals surface area contributed by atoms with Crippen LogP contribution in [0.15, 0.2) is 29.1 Å². The molecule has 2 rings (SSSR count). The molecule has 5 nitrogen and oxygen atoms in total. The van der Waals surface area contributed by atoms with E-state index in [2.05, 4.69) is 12.0 Å². The minimum atomic E-state index is -0.0927. The number of nitrogens with zero attached hydrogens (tertiary/aromatic N) is 2. The average Bonchev–Trinajstić information content (AvgIpc) is 2.53. The summed E-state index contributed by atoms with van der Waals surface area (Å²) in [5, 5.41) is 4.49. The lowest BCUT2D eigenvalue weighted by molar-refractivity contribution is 0.412. The molecule has 0 saturated heterocycles. The molecule has 0 atom stereocenters. The van der Waals surface area contributed by atoms with Crippen molar-refractivity contribution < 1.29 is 4.74 Å². The first-order chi connectivity index (χ1) is 10.6. The molecule has 0 saturated carbocycles. The second-order valence-corrected chi connectivity index (χ2v) is 5.33. The van der Waals surface area contributed by atoms with E-state index in [1.807, 2.05) is 25.1 Å². The molecular formula is C17H23N3O2. The van der Waals surface area contributed by atoms with Crippen molar-refractivity contribution in [2.75, 3.05) is 7.11 Å². The molecular weight excluding hydrogens is 278 g/mol. The van der Waals surface area contributed by atoms with E-state index in [0.717, 1.165) is 35.4 Å². The van der Waals surface area contributed by atoms with Gasteiger partial charge in [0.1, 0.15) is 5.75 Å². The number of nitrogens with two attached hydrogens (primary N) is 1. The highest BCUT2D eigenvalue weighted by Gasteiger charge is 2.10. The molecule has 1 aromatic carbocycles. The molecule has 1 aromatic heterocycles. The molecule has 0 radical (unpaired) electrons. The molecule has 2 N–H and O–H groups in total. The molecule has 2 aromatic rings. The Balaban J connectivity index is 2.50. The fraction of sp³-hybridized carbons (Fsp3) is 0.412. The maximum absolute atomic E-state index is 12.3. The van der Waals surface area contributed by atoms with Crippen molar-refractivity contribution in [1.29, 1.82) is 0 Å². The van der Waals surface area contributed by atoms with E-state index in [1.54, 1.807) is 13.2 Å². The minimum absolute atomic E-state index is 0.0927. The van der Waals surface area contributed by atoms with Gasteiger partial charge in [-0.25, -0.2) is 4.68 Å². The van der Waals surface area contributed by atoms with Crippen molar-refractivity contribution in [3.05, 3.63) is 45.7 Å². The van der Waals surface area contributed by atoms with Gasteiger partial charge >= 0.3 is 0 Å². The van der Waals surface area contributed by atoms with Crippen LogP contribution in [0, 0.1) is 6.92 Å². The predicted molar refractivity (Wildman–Crippen MR) is 88.0 cm³/mol. The van der Waals surface area contributed by atoms with Crippen LogP contribution in [0.2, 0.25) is 0 Å². The van der Waals surface area contributed by atoms with Crippen LogP contribution in [0.25, 0.3) is 11.3 Å². The molecule has 22 heavy (non-hydrogen) atoms. The zero-order valence-electron chi connectivity index (χ0n) is 13.4. The lowest BCUT2D eigenvalue weighted by Crippen LogP contribution is -2.28. The van der Waals surface area contributed by atoms with Crippen molar-refractivity contribution in [1.82, 2.24) is 9.78 Å². The maximum atomic E-state index is 12.3. The molecule has 0 aliphatic carbocycles. The Morgan fingerprint density at radius 3 is 2.68 bits per heavy atom. The van der Waals surface area contributed by atoms with Gasteiger partial charge in [0.25, 0.3) is 5.56 Å². The van der Waals surface area contributed by atoms with Gasteiger partial charge in [0.15, 0.2) is 0 Å². The summed E-state index contributed by atoms with van der Waals surface area (Å²) in [4.78, 5) is 12.3. The Morgan fingerprint density at radius 1 is 1.32 bits per heavy atom. The van der Waals surface area contributed by atoms with E-state index in [4.69, 9.17) is 10.5 Å². The van der Waals surface area contributed by atoms with Gasteiger partial charge in [0.05, 0.1) is 12.8 Å². The Hall–Kier alpha value is -2.14.